The first-order valence-corrected chi connectivity index (χ1v) is 4.53. The van der Waals surface area contributed by atoms with Crippen LogP contribution >= 0.6 is 0 Å². The van der Waals surface area contributed by atoms with Crippen LogP contribution in [-0.2, 0) is 6.42 Å². The summed E-state index contributed by atoms with van der Waals surface area (Å²) in [4.78, 5) is 0. The molecule has 0 bridgehead atoms. The molecule has 1 aliphatic rings. The minimum absolute atomic E-state index is 0. The smallest absolute Gasteiger partial charge is 0.179 e. The predicted octanol–water partition coefficient (Wildman–Crippen LogP) is 0.0620. The van der Waals surface area contributed by atoms with Crippen molar-refractivity contribution in [2.75, 3.05) is 0 Å². The van der Waals surface area contributed by atoms with Gasteiger partial charge in [0.2, 0.25) is 0 Å². The SMILES string of the molecule is [Na+].[c-]1cccc2c1Cc1ccccc1-2. The van der Waals surface area contributed by atoms with Gasteiger partial charge in [0, 0.05) is 0 Å². The molecule has 2 aromatic rings. The Bertz CT molecular complexity index is 417. The molecule has 62 valence electrons. The molecule has 0 saturated heterocycles. The maximum atomic E-state index is 3.30. The molecule has 0 aliphatic heterocycles. The van der Waals surface area contributed by atoms with Crippen molar-refractivity contribution in [1.29, 1.82) is 0 Å². The van der Waals surface area contributed by atoms with E-state index in [0.717, 1.165) is 6.42 Å². The third kappa shape index (κ3) is 1.44. The Labute approximate surface area is 106 Å². The van der Waals surface area contributed by atoms with E-state index in [-0.39, 0.29) is 29.6 Å². The molecule has 2 aromatic carbocycles. The van der Waals surface area contributed by atoms with Crippen LogP contribution < -0.4 is 29.6 Å². The van der Waals surface area contributed by atoms with Gasteiger partial charge in [0.1, 0.15) is 0 Å². The van der Waals surface area contributed by atoms with Gasteiger partial charge >= 0.3 is 29.6 Å². The standard InChI is InChI=1S/C13H9.Na/c1-3-7-12-10(5-1)9-11-6-2-4-8-13(11)12;/h1-5,7-8H,9H2;/q-1;+1. The summed E-state index contributed by atoms with van der Waals surface area (Å²) < 4.78 is 0. The van der Waals surface area contributed by atoms with Gasteiger partial charge in [-0.25, -0.2) is 0 Å². The van der Waals surface area contributed by atoms with Crippen LogP contribution in [0.3, 0.4) is 0 Å². The molecule has 14 heavy (non-hydrogen) atoms. The van der Waals surface area contributed by atoms with Gasteiger partial charge in [0.05, 0.1) is 0 Å². The summed E-state index contributed by atoms with van der Waals surface area (Å²) in [5.74, 6) is 0. The molecule has 1 aliphatic carbocycles. The van der Waals surface area contributed by atoms with Gasteiger partial charge in [-0.1, -0.05) is 35.4 Å². The Kier molecular flexibility index (Phi) is 2.78. The molecule has 0 aromatic heterocycles. The minimum Gasteiger partial charge on any atom is -0.179 e. The molecular weight excluding hydrogens is 179 g/mol. The number of hydrogen-bond donors (Lipinski definition) is 0. The van der Waals surface area contributed by atoms with Crippen molar-refractivity contribution in [2.45, 2.75) is 6.42 Å². The van der Waals surface area contributed by atoms with E-state index >= 15 is 0 Å². The summed E-state index contributed by atoms with van der Waals surface area (Å²) >= 11 is 0. The fourth-order valence-electron chi connectivity index (χ4n) is 2.00. The largest absolute Gasteiger partial charge is 1.00 e. The van der Waals surface area contributed by atoms with Gasteiger partial charge in [-0.2, -0.15) is 29.8 Å². The maximum Gasteiger partial charge on any atom is 1.00 e. The van der Waals surface area contributed by atoms with Gasteiger partial charge < -0.3 is 0 Å². The molecule has 0 spiro atoms. The third-order valence-electron chi connectivity index (χ3n) is 2.62. The first kappa shape index (κ1) is 9.97. The first-order valence-electron chi connectivity index (χ1n) is 4.53. The zero-order valence-electron chi connectivity index (χ0n) is 8.25. The van der Waals surface area contributed by atoms with E-state index in [1.54, 1.807) is 0 Å². The number of hydrogen-bond acceptors (Lipinski definition) is 0. The Morgan fingerprint density at radius 1 is 0.929 bits per heavy atom. The van der Waals surface area contributed by atoms with Crippen LogP contribution in [-0.4, -0.2) is 0 Å². The zero-order chi connectivity index (χ0) is 8.67. The van der Waals surface area contributed by atoms with Crippen LogP contribution in [0.2, 0.25) is 0 Å². The van der Waals surface area contributed by atoms with E-state index in [9.17, 15) is 0 Å². The van der Waals surface area contributed by atoms with E-state index in [0.29, 0.717) is 0 Å². The van der Waals surface area contributed by atoms with E-state index in [1.807, 2.05) is 6.07 Å². The molecule has 0 amide bonds. The van der Waals surface area contributed by atoms with Crippen LogP contribution in [0, 0.1) is 6.07 Å². The van der Waals surface area contributed by atoms with Gasteiger partial charge in [-0.15, -0.1) is 5.56 Å². The van der Waals surface area contributed by atoms with E-state index in [4.69, 9.17) is 0 Å². The monoisotopic (exact) mass is 188 g/mol. The maximum absolute atomic E-state index is 3.30. The molecule has 0 fully saturated rings. The zero-order valence-corrected chi connectivity index (χ0v) is 10.2. The molecule has 0 heterocycles. The minimum atomic E-state index is 0. The average Bonchev–Trinajstić information content (AvgIpc) is 2.56. The van der Waals surface area contributed by atoms with Crippen LogP contribution in [0.5, 0.6) is 0 Å². The van der Waals surface area contributed by atoms with Crippen molar-refractivity contribution in [1.82, 2.24) is 0 Å². The Morgan fingerprint density at radius 2 is 1.71 bits per heavy atom. The normalized spacial score (nSPS) is 11.4. The second-order valence-corrected chi connectivity index (χ2v) is 3.40. The summed E-state index contributed by atoms with van der Waals surface area (Å²) in [5.41, 5.74) is 5.51. The van der Waals surface area contributed by atoms with Crippen LogP contribution in [0.15, 0.2) is 42.5 Å². The van der Waals surface area contributed by atoms with Gasteiger partial charge in [-0.05, 0) is 6.42 Å². The molecule has 0 radical (unpaired) electrons. The molecule has 0 saturated carbocycles. The van der Waals surface area contributed by atoms with Crippen LogP contribution in [0.1, 0.15) is 11.1 Å². The first-order chi connectivity index (χ1) is 6.45. The Balaban J connectivity index is 0.000000750. The second kappa shape index (κ2) is 3.90. The van der Waals surface area contributed by atoms with Gasteiger partial charge in [-0.3, -0.25) is 0 Å². The number of fused-ring (bicyclic) bond motifs is 3. The molecule has 0 N–H and O–H groups in total. The van der Waals surface area contributed by atoms with Crippen molar-refractivity contribution in [3.05, 3.63) is 59.7 Å². The summed E-state index contributed by atoms with van der Waals surface area (Å²) in [5, 5.41) is 0. The van der Waals surface area contributed by atoms with Crippen molar-refractivity contribution in [2.24, 2.45) is 0 Å². The fourth-order valence-corrected chi connectivity index (χ4v) is 2.00. The molecule has 1 heteroatoms. The molecule has 0 unspecified atom stereocenters. The van der Waals surface area contributed by atoms with Crippen molar-refractivity contribution < 1.29 is 29.6 Å². The topological polar surface area (TPSA) is 0 Å². The summed E-state index contributed by atoms with van der Waals surface area (Å²) in [6.45, 7) is 0. The van der Waals surface area contributed by atoms with E-state index < -0.39 is 0 Å². The summed E-state index contributed by atoms with van der Waals surface area (Å²) in [6, 6.07) is 18.1. The van der Waals surface area contributed by atoms with Crippen LogP contribution in [0.4, 0.5) is 0 Å². The Hall–Kier alpha value is -0.560. The molecule has 0 atom stereocenters. The van der Waals surface area contributed by atoms with Gasteiger partial charge in [0.25, 0.3) is 0 Å². The molecule has 0 nitrogen and oxygen atoms in total. The fraction of sp³-hybridized carbons (Fsp3) is 0.0769. The quantitative estimate of drug-likeness (QED) is 0.346. The summed E-state index contributed by atoms with van der Waals surface area (Å²) in [6.07, 6.45) is 1.05. The van der Waals surface area contributed by atoms with Crippen molar-refractivity contribution in [3.63, 3.8) is 0 Å². The van der Waals surface area contributed by atoms with Crippen molar-refractivity contribution in [3.8, 4) is 11.1 Å². The third-order valence-corrected chi connectivity index (χ3v) is 2.62. The second-order valence-electron chi connectivity index (χ2n) is 3.40. The molecular formula is C13H9Na. The molecule has 3 rings (SSSR count). The van der Waals surface area contributed by atoms with E-state index in [2.05, 4.69) is 42.5 Å². The van der Waals surface area contributed by atoms with Gasteiger partial charge in [0.15, 0.2) is 0 Å². The average molecular weight is 188 g/mol. The summed E-state index contributed by atoms with van der Waals surface area (Å²) in [7, 11) is 0. The number of rotatable bonds is 0. The van der Waals surface area contributed by atoms with Crippen LogP contribution in [0.25, 0.3) is 11.1 Å². The van der Waals surface area contributed by atoms with Crippen molar-refractivity contribution >= 4 is 0 Å². The Morgan fingerprint density at radius 3 is 2.64 bits per heavy atom. The van der Waals surface area contributed by atoms with E-state index in [1.165, 1.54) is 22.3 Å². The number of benzene rings is 2. The predicted molar refractivity (Wildman–Crippen MR) is 53.5 cm³/mol.